The summed E-state index contributed by atoms with van der Waals surface area (Å²) in [5.74, 6) is 0.812. The quantitative estimate of drug-likeness (QED) is 0.376. The van der Waals surface area contributed by atoms with Crippen LogP contribution in [0.5, 0.6) is 0 Å². The summed E-state index contributed by atoms with van der Waals surface area (Å²) in [6, 6.07) is 0. The molecule has 1 heteroatoms. The number of hydrogen-bond donors (Lipinski definition) is 0. The molecule has 0 atom stereocenters. The number of hydrogen-bond acceptors (Lipinski definition) is 0. The molecule has 0 spiro atoms. The fourth-order valence-electron chi connectivity index (χ4n) is 2.04. The molecule has 0 heterocycles. The third-order valence-corrected chi connectivity index (χ3v) is 3.57. The van der Waals surface area contributed by atoms with E-state index < -0.39 is 0 Å². The molecule has 0 N–H and O–H groups in total. The van der Waals surface area contributed by atoms with Crippen molar-refractivity contribution in [3.8, 4) is 0 Å². The van der Waals surface area contributed by atoms with Gasteiger partial charge in [-0.1, -0.05) is 48.6 Å². The van der Waals surface area contributed by atoms with Gasteiger partial charge in [-0.15, -0.1) is 11.5 Å². The van der Waals surface area contributed by atoms with Gasteiger partial charge in [0.1, 0.15) is 0 Å². The molecule has 0 saturated heterocycles. The lowest BCUT2D eigenvalue weighted by Crippen LogP contribution is -1.93. The van der Waals surface area contributed by atoms with Crippen molar-refractivity contribution >= 4 is 11.6 Å². The molecule has 21 heavy (non-hydrogen) atoms. The van der Waals surface area contributed by atoms with E-state index >= 15 is 0 Å². The summed E-state index contributed by atoms with van der Waals surface area (Å²) in [7, 11) is 0. The lowest BCUT2D eigenvalue weighted by molar-refractivity contribution is 0.815. The summed E-state index contributed by atoms with van der Waals surface area (Å²) in [6.45, 7) is 15.4. The molecule has 0 nitrogen and oxygen atoms in total. The van der Waals surface area contributed by atoms with Crippen molar-refractivity contribution in [3.63, 3.8) is 0 Å². The third kappa shape index (κ3) is 6.06. The minimum Gasteiger partial charge on any atom is -0.120 e. The van der Waals surface area contributed by atoms with Gasteiger partial charge in [-0.2, -0.15) is 0 Å². The molecule has 0 aromatic carbocycles. The Bertz CT molecular complexity index is 594. The maximum Gasteiger partial charge on any atom is 0.0561 e. The van der Waals surface area contributed by atoms with Crippen molar-refractivity contribution in [1.29, 1.82) is 0 Å². The molecule has 0 radical (unpaired) electrons. The van der Waals surface area contributed by atoms with E-state index in [0.717, 1.165) is 29.1 Å². The maximum atomic E-state index is 6.32. The van der Waals surface area contributed by atoms with E-state index in [2.05, 4.69) is 38.1 Å². The van der Waals surface area contributed by atoms with Gasteiger partial charge in [0, 0.05) is 5.57 Å². The topological polar surface area (TPSA) is 0 Å². The Balaban J connectivity index is 3.25. The second kappa shape index (κ2) is 8.55. The summed E-state index contributed by atoms with van der Waals surface area (Å²) in [5.41, 5.74) is 10.2. The van der Waals surface area contributed by atoms with Gasteiger partial charge in [-0.05, 0) is 62.8 Å². The summed E-state index contributed by atoms with van der Waals surface area (Å²) in [5, 5.41) is 0.596. The zero-order valence-corrected chi connectivity index (χ0v) is 13.8. The highest BCUT2D eigenvalue weighted by atomic mass is 35.5. The first-order chi connectivity index (χ1) is 9.99. The zero-order valence-electron chi connectivity index (χ0n) is 13.0. The van der Waals surface area contributed by atoms with Crippen LogP contribution in [-0.4, -0.2) is 0 Å². The lowest BCUT2D eigenvalue weighted by Gasteiger charge is -2.10. The van der Waals surface area contributed by atoms with E-state index in [-0.39, 0.29) is 0 Å². The molecule has 110 valence electrons. The Morgan fingerprint density at radius 2 is 1.95 bits per heavy atom. The van der Waals surface area contributed by atoms with Gasteiger partial charge in [0.15, 0.2) is 0 Å². The van der Waals surface area contributed by atoms with E-state index in [4.69, 9.17) is 11.6 Å². The van der Waals surface area contributed by atoms with E-state index in [9.17, 15) is 0 Å². The molecule has 0 aliphatic heterocycles. The Morgan fingerprint density at radius 1 is 1.29 bits per heavy atom. The van der Waals surface area contributed by atoms with E-state index in [0.29, 0.717) is 5.03 Å². The van der Waals surface area contributed by atoms with Gasteiger partial charge in [0.2, 0.25) is 0 Å². The summed E-state index contributed by atoms with van der Waals surface area (Å²) >= 11 is 6.32. The zero-order chi connectivity index (χ0) is 15.8. The second-order valence-electron chi connectivity index (χ2n) is 5.45. The molecule has 1 aliphatic carbocycles. The molecule has 0 aromatic heterocycles. The summed E-state index contributed by atoms with van der Waals surface area (Å²) in [6.07, 6.45) is 11.0. The first-order valence-electron chi connectivity index (χ1n) is 7.16. The Kier molecular flexibility index (Phi) is 7.06. The van der Waals surface area contributed by atoms with Crippen molar-refractivity contribution in [2.75, 3.05) is 0 Å². The third-order valence-electron chi connectivity index (χ3n) is 3.26. The molecular formula is C20H23Cl. The molecule has 1 fully saturated rings. The highest BCUT2D eigenvalue weighted by molar-refractivity contribution is 6.32. The highest BCUT2D eigenvalue weighted by Crippen LogP contribution is 2.37. The van der Waals surface area contributed by atoms with Crippen molar-refractivity contribution in [2.24, 2.45) is 5.92 Å². The molecule has 0 bridgehead atoms. The standard InChI is InChI=1S/C20H23Cl/c1-6-9-20(21)18(7-2)19(11-8-10-15(3)4)16(5)14-17-12-13-17/h6,9-11,17H,1-3,12-14H2,4-5H3/b19-16-,20-9+. The average molecular weight is 299 g/mol. The van der Waals surface area contributed by atoms with Crippen LogP contribution in [0, 0.1) is 5.92 Å². The van der Waals surface area contributed by atoms with Crippen molar-refractivity contribution < 1.29 is 0 Å². The second-order valence-corrected chi connectivity index (χ2v) is 5.85. The first-order valence-corrected chi connectivity index (χ1v) is 7.54. The van der Waals surface area contributed by atoms with Crippen LogP contribution >= 0.6 is 11.6 Å². The monoisotopic (exact) mass is 298 g/mol. The van der Waals surface area contributed by atoms with Crippen LogP contribution in [0.15, 0.2) is 82.8 Å². The average Bonchev–Trinajstić information content (AvgIpc) is 3.21. The minimum absolute atomic E-state index is 0.596. The fraction of sp³-hybridized carbons (Fsp3) is 0.300. The molecule has 1 saturated carbocycles. The van der Waals surface area contributed by atoms with E-state index in [1.54, 1.807) is 12.2 Å². The van der Waals surface area contributed by atoms with Crippen molar-refractivity contribution in [2.45, 2.75) is 33.1 Å². The fourth-order valence-corrected chi connectivity index (χ4v) is 2.29. The maximum absolute atomic E-state index is 6.32. The van der Waals surface area contributed by atoms with Gasteiger partial charge in [-0.3, -0.25) is 0 Å². The van der Waals surface area contributed by atoms with Crippen LogP contribution in [0.3, 0.4) is 0 Å². The van der Waals surface area contributed by atoms with Crippen LogP contribution in [0.4, 0.5) is 0 Å². The Hall–Kier alpha value is -1.71. The smallest absolute Gasteiger partial charge is 0.0561 e. The molecule has 1 rings (SSSR count). The van der Waals surface area contributed by atoms with Crippen LogP contribution in [0.2, 0.25) is 0 Å². The van der Waals surface area contributed by atoms with Crippen LogP contribution in [0.25, 0.3) is 0 Å². The normalized spacial score (nSPS) is 15.3. The number of halogens is 1. The number of rotatable bonds is 7. The highest BCUT2D eigenvalue weighted by Gasteiger charge is 2.22. The predicted molar refractivity (Wildman–Crippen MR) is 94.3 cm³/mol. The Labute approximate surface area is 133 Å². The van der Waals surface area contributed by atoms with Crippen LogP contribution in [0.1, 0.15) is 33.1 Å². The first kappa shape index (κ1) is 17.3. The largest absolute Gasteiger partial charge is 0.120 e. The van der Waals surface area contributed by atoms with Gasteiger partial charge < -0.3 is 0 Å². The molecular weight excluding hydrogens is 276 g/mol. The summed E-state index contributed by atoms with van der Waals surface area (Å²) in [4.78, 5) is 0. The molecule has 1 aliphatic rings. The van der Waals surface area contributed by atoms with Gasteiger partial charge in [-0.25, -0.2) is 0 Å². The number of allylic oxidation sites excluding steroid dienone is 8. The van der Waals surface area contributed by atoms with Gasteiger partial charge >= 0.3 is 0 Å². The van der Waals surface area contributed by atoms with Gasteiger partial charge in [0.05, 0.1) is 5.03 Å². The SMILES string of the molecule is C=C=C(/C(C=C=CC(=C)C)=C(/C)CC1CC1)/C(Cl)=C\C=C. The van der Waals surface area contributed by atoms with Crippen molar-refractivity contribution in [1.82, 2.24) is 0 Å². The van der Waals surface area contributed by atoms with Crippen LogP contribution < -0.4 is 0 Å². The van der Waals surface area contributed by atoms with E-state index in [1.165, 1.54) is 18.4 Å². The minimum atomic E-state index is 0.596. The molecule has 0 unspecified atom stereocenters. The van der Waals surface area contributed by atoms with Crippen LogP contribution in [-0.2, 0) is 0 Å². The Morgan fingerprint density at radius 3 is 2.43 bits per heavy atom. The van der Waals surface area contributed by atoms with E-state index in [1.807, 2.05) is 19.1 Å². The molecule has 0 aromatic rings. The molecule has 0 amide bonds. The van der Waals surface area contributed by atoms with Gasteiger partial charge in [0.25, 0.3) is 0 Å². The lowest BCUT2D eigenvalue weighted by atomic mass is 9.97. The predicted octanol–water partition coefficient (Wildman–Crippen LogP) is 6.41. The summed E-state index contributed by atoms with van der Waals surface area (Å²) < 4.78 is 0. The van der Waals surface area contributed by atoms with Crippen molar-refractivity contribution in [3.05, 3.63) is 82.8 Å².